The zero-order valence-electron chi connectivity index (χ0n) is 13.4. The number of nitrogens with one attached hydrogen (secondary N) is 2. The first-order valence-corrected chi connectivity index (χ1v) is 7.21. The standard InChI is InChI=1S/C18H22N2O2/c1-13-5-9-15(10-6-13)19-17(21)20-18(2,3)14-7-11-16(22-4)12-8-14/h5-12H,1-4H3,(H2,19,20,21). The summed E-state index contributed by atoms with van der Waals surface area (Å²) >= 11 is 0. The van der Waals surface area contributed by atoms with Crippen LogP contribution in [0.3, 0.4) is 0 Å². The number of carbonyl (C=O) groups excluding carboxylic acids is 1. The van der Waals surface area contributed by atoms with Crippen molar-refractivity contribution >= 4 is 11.7 Å². The molecule has 2 amide bonds. The van der Waals surface area contributed by atoms with Gasteiger partial charge in [-0.1, -0.05) is 29.8 Å². The third-order valence-electron chi connectivity index (χ3n) is 3.55. The van der Waals surface area contributed by atoms with Crippen molar-refractivity contribution in [3.05, 3.63) is 59.7 Å². The van der Waals surface area contributed by atoms with E-state index in [1.54, 1.807) is 7.11 Å². The minimum atomic E-state index is -0.485. The second-order valence-corrected chi connectivity index (χ2v) is 5.80. The molecule has 0 aromatic heterocycles. The van der Waals surface area contributed by atoms with E-state index in [4.69, 9.17) is 4.74 Å². The van der Waals surface area contributed by atoms with E-state index in [0.29, 0.717) is 0 Å². The Morgan fingerprint density at radius 1 is 1.00 bits per heavy atom. The van der Waals surface area contributed by atoms with Gasteiger partial charge in [0, 0.05) is 5.69 Å². The lowest BCUT2D eigenvalue weighted by atomic mass is 9.94. The molecule has 0 heterocycles. The molecular formula is C18H22N2O2. The number of rotatable bonds is 4. The summed E-state index contributed by atoms with van der Waals surface area (Å²) in [5, 5.41) is 5.83. The Morgan fingerprint density at radius 2 is 1.59 bits per heavy atom. The molecule has 0 aliphatic heterocycles. The van der Waals surface area contributed by atoms with Gasteiger partial charge in [0.1, 0.15) is 5.75 Å². The lowest BCUT2D eigenvalue weighted by molar-refractivity contribution is 0.242. The van der Waals surface area contributed by atoms with Gasteiger partial charge in [-0.25, -0.2) is 4.79 Å². The number of aryl methyl sites for hydroxylation is 1. The number of carbonyl (C=O) groups is 1. The maximum Gasteiger partial charge on any atom is 0.319 e. The Kier molecular flexibility index (Phi) is 4.71. The van der Waals surface area contributed by atoms with E-state index in [1.165, 1.54) is 0 Å². The van der Waals surface area contributed by atoms with Crippen molar-refractivity contribution < 1.29 is 9.53 Å². The van der Waals surface area contributed by atoms with Gasteiger partial charge in [-0.15, -0.1) is 0 Å². The monoisotopic (exact) mass is 298 g/mol. The summed E-state index contributed by atoms with van der Waals surface area (Å²) in [5.41, 5.74) is 2.45. The van der Waals surface area contributed by atoms with E-state index in [2.05, 4.69) is 10.6 Å². The van der Waals surface area contributed by atoms with Gasteiger partial charge in [0.05, 0.1) is 12.6 Å². The number of hydrogen-bond donors (Lipinski definition) is 2. The SMILES string of the molecule is COc1ccc(C(C)(C)NC(=O)Nc2ccc(C)cc2)cc1. The number of amides is 2. The molecule has 2 aromatic rings. The first-order valence-electron chi connectivity index (χ1n) is 7.21. The molecule has 0 atom stereocenters. The van der Waals surface area contributed by atoms with Crippen LogP contribution < -0.4 is 15.4 Å². The summed E-state index contributed by atoms with van der Waals surface area (Å²) in [7, 11) is 1.63. The van der Waals surface area contributed by atoms with Crippen molar-refractivity contribution in [2.75, 3.05) is 12.4 Å². The van der Waals surface area contributed by atoms with Crippen molar-refractivity contribution in [3.8, 4) is 5.75 Å². The summed E-state index contributed by atoms with van der Waals surface area (Å²) in [6.45, 7) is 5.93. The van der Waals surface area contributed by atoms with Crippen LogP contribution in [0, 0.1) is 6.92 Å². The van der Waals surface area contributed by atoms with E-state index < -0.39 is 5.54 Å². The van der Waals surface area contributed by atoms with Crippen molar-refractivity contribution in [2.45, 2.75) is 26.3 Å². The average molecular weight is 298 g/mol. The van der Waals surface area contributed by atoms with Gasteiger partial charge < -0.3 is 15.4 Å². The fourth-order valence-corrected chi connectivity index (χ4v) is 2.16. The minimum Gasteiger partial charge on any atom is -0.497 e. The molecule has 0 radical (unpaired) electrons. The highest BCUT2D eigenvalue weighted by Crippen LogP contribution is 2.23. The predicted molar refractivity (Wildman–Crippen MR) is 89.4 cm³/mol. The van der Waals surface area contributed by atoms with Crippen molar-refractivity contribution in [1.82, 2.24) is 5.32 Å². The van der Waals surface area contributed by atoms with E-state index >= 15 is 0 Å². The van der Waals surface area contributed by atoms with Gasteiger partial charge in [-0.2, -0.15) is 0 Å². The lowest BCUT2D eigenvalue weighted by Gasteiger charge is -2.27. The maximum atomic E-state index is 12.2. The molecule has 0 spiro atoms. The molecule has 0 aliphatic rings. The largest absolute Gasteiger partial charge is 0.497 e. The Morgan fingerprint density at radius 3 is 2.14 bits per heavy atom. The molecule has 0 bridgehead atoms. The molecule has 0 saturated carbocycles. The number of methoxy groups -OCH3 is 1. The number of hydrogen-bond acceptors (Lipinski definition) is 2. The Bertz CT molecular complexity index is 631. The second kappa shape index (κ2) is 6.52. The molecule has 116 valence electrons. The van der Waals surface area contributed by atoms with Gasteiger partial charge >= 0.3 is 6.03 Å². The number of benzene rings is 2. The highest BCUT2D eigenvalue weighted by Gasteiger charge is 2.22. The molecule has 2 rings (SSSR count). The van der Waals surface area contributed by atoms with Crippen LogP contribution >= 0.6 is 0 Å². The summed E-state index contributed by atoms with van der Waals surface area (Å²) in [5.74, 6) is 0.795. The highest BCUT2D eigenvalue weighted by molar-refractivity contribution is 5.89. The van der Waals surface area contributed by atoms with Gasteiger partial charge in [-0.05, 0) is 50.6 Å². The van der Waals surface area contributed by atoms with E-state index in [9.17, 15) is 4.79 Å². The fraction of sp³-hybridized carbons (Fsp3) is 0.278. The van der Waals surface area contributed by atoms with E-state index in [0.717, 1.165) is 22.6 Å². The van der Waals surface area contributed by atoms with Crippen LogP contribution in [0.4, 0.5) is 10.5 Å². The van der Waals surface area contributed by atoms with Gasteiger partial charge in [0.15, 0.2) is 0 Å². The van der Waals surface area contributed by atoms with Crippen molar-refractivity contribution in [1.29, 1.82) is 0 Å². The number of ether oxygens (including phenoxy) is 1. The number of anilines is 1. The molecule has 0 unspecified atom stereocenters. The van der Waals surface area contributed by atoms with Crippen LogP contribution in [0.25, 0.3) is 0 Å². The Labute approximate surface area is 131 Å². The summed E-state index contributed by atoms with van der Waals surface area (Å²) < 4.78 is 5.15. The van der Waals surface area contributed by atoms with Gasteiger partial charge in [0.25, 0.3) is 0 Å². The molecule has 4 heteroatoms. The van der Waals surface area contributed by atoms with Gasteiger partial charge in [0.2, 0.25) is 0 Å². The molecule has 2 N–H and O–H groups in total. The smallest absolute Gasteiger partial charge is 0.319 e. The zero-order chi connectivity index (χ0) is 16.2. The second-order valence-electron chi connectivity index (χ2n) is 5.80. The molecule has 4 nitrogen and oxygen atoms in total. The van der Waals surface area contributed by atoms with Crippen molar-refractivity contribution in [2.24, 2.45) is 0 Å². The molecule has 0 saturated heterocycles. The molecule has 2 aromatic carbocycles. The fourth-order valence-electron chi connectivity index (χ4n) is 2.16. The number of urea groups is 1. The van der Waals surface area contributed by atoms with Crippen molar-refractivity contribution in [3.63, 3.8) is 0 Å². The molecule has 0 fully saturated rings. The first-order chi connectivity index (χ1) is 10.4. The average Bonchev–Trinajstić information content (AvgIpc) is 2.49. The maximum absolute atomic E-state index is 12.2. The third-order valence-corrected chi connectivity index (χ3v) is 3.55. The minimum absolute atomic E-state index is 0.232. The Hall–Kier alpha value is -2.49. The quantitative estimate of drug-likeness (QED) is 0.894. The Balaban J connectivity index is 2.03. The topological polar surface area (TPSA) is 50.4 Å². The normalized spacial score (nSPS) is 10.9. The lowest BCUT2D eigenvalue weighted by Crippen LogP contribution is -2.43. The molecule has 0 aliphatic carbocycles. The molecular weight excluding hydrogens is 276 g/mol. The van der Waals surface area contributed by atoms with Crippen LogP contribution in [0.5, 0.6) is 5.75 Å². The highest BCUT2D eigenvalue weighted by atomic mass is 16.5. The first kappa shape index (κ1) is 15.9. The predicted octanol–water partition coefficient (Wildman–Crippen LogP) is 4.06. The zero-order valence-corrected chi connectivity index (χ0v) is 13.4. The van der Waals surface area contributed by atoms with Crippen LogP contribution in [0.15, 0.2) is 48.5 Å². The summed E-state index contributed by atoms with van der Waals surface area (Å²) in [4.78, 5) is 12.2. The van der Waals surface area contributed by atoms with E-state index in [-0.39, 0.29) is 6.03 Å². The van der Waals surface area contributed by atoms with Crippen LogP contribution in [-0.2, 0) is 5.54 Å². The van der Waals surface area contributed by atoms with Crippen LogP contribution in [0.1, 0.15) is 25.0 Å². The van der Waals surface area contributed by atoms with E-state index in [1.807, 2.05) is 69.3 Å². The molecule has 22 heavy (non-hydrogen) atoms. The summed E-state index contributed by atoms with van der Waals surface area (Å²) in [6, 6.07) is 15.1. The third kappa shape index (κ3) is 4.01. The van der Waals surface area contributed by atoms with Gasteiger partial charge in [-0.3, -0.25) is 0 Å². The summed E-state index contributed by atoms with van der Waals surface area (Å²) in [6.07, 6.45) is 0. The van der Waals surface area contributed by atoms with Crippen LogP contribution in [-0.4, -0.2) is 13.1 Å². The van der Waals surface area contributed by atoms with Crippen LogP contribution in [0.2, 0.25) is 0 Å².